The average Bonchev–Trinajstić information content (AvgIpc) is 2.43. The van der Waals surface area contributed by atoms with Gasteiger partial charge in [-0.1, -0.05) is 37.0 Å². The highest BCUT2D eigenvalue weighted by atomic mass is 35.5. The molecule has 0 aromatic heterocycles. The first kappa shape index (κ1) is 17.6. The number of nitrogens with one attached hydrogen (secondary N) is 1. The van der Waals surface area contributed by atoms with E-state index in [2.05, 4.69) is 5.32 Å². The van der Waals surface area contributed by atoms with Crippen molar-refractivity contribution in [2.75, 3.05) is 12.3 Å². The maximum absolute atomic E-state index is 11.3. The molecule has 0 spiro atoms. The average molecular weight is 336 g/mol. The molecule has 1 aromatic carbocycles. The van der Waals surface area contributed by atoms with E-state index in [0.29, 0.717) is 29.4 Å². The molecule has 0 saturated heterocycles. The van der Waals surface area contributed by atoms with Gasteiger partial charge in [0.2, 0.25) is 0 Å². The number of benzene rings is 1. The topological polar surface area (TPSA) is 49.3 Å². The highest BCUT2D eigenvalue weighted by Gasteiger charge is 2.33. The molecule has 112 valence electrons. The van der Waals surface area contributed by atoms with Gasteiger partial charge in [-0.25, -0.2) is 0 Å². The van der Waals surface area contributed by atoms with Crippen LogP contribution in [0.4, 0.5) is 0 Å². The minimum atomic E-state index is -0.835. The Labute approximate surface area is 134 Å². The third kappa shape index (κ3) is 4.55. The normalized spacial score (nSPS) is 11.6. The van der Waals surface area contributed by atoms with Crippen molar-refractivity contribution < 1.29 is 9.90 Å². The van der Waals surface area contributed by atoms with Crippen molar-refractivity contribution in [3.8, 4) is 0 Å². The van der Waals surface area contributed by atoms with Crippen molar-refractivity contribution in [1.82, 2.24) is 5.32 Å². The lowest BCUT2D eigenvalue weighted by Gasteiger charge is -2.28. The summed E-state index contributed by atoms with van der Waals surface area (Å²) in [7, 11) is 0. The van der Waals surface area contributed by atoms with Crippen molar-refractivity contribution >= 4 is 40.9 Å². The van der Waals surface area contributed by atoms with Gasteiger partial charge in [-0.15, -0.1) is 11.8 Å². The number of hydrogen-bond acceptors (Lipinski definition) is 3. The molecule has 0 aliphatic carbocycles. The highest BCUT2D eigenvalue weighted by Crippen LogP contribution is 2.29. The Kier molecular flexibility index (Phi) is 7.17. The van der Waals surface area contributed by atoms with Gasteiger partial charge in [-0.05, 0) is 31.0 Å². The molecular formula is C14H19Cl2NO2S. The third-order valence-corrected chi connectivity index (χ3v) is 5.07. The number of halogens is 2. The first-order valence-corrected chi connectivity index (χ1v) is 8.25. The summed E-state index contributed by atoms with van der Waals surface area (Å²) in [6, 6.07) is 5.33. The number of carboxylic acid groups (broad SMARTS) is 1. The van der Waals surface area contributed by atoms with Crippen LogP contribution in [0.5, 0.6) is 0 Å². The second-order valence-electron chi connectivity index (χ2n) is 4.44. The van der Waals surface area contributed by atoms with Crippen LogP contribution >= 0.6 is 35.0 Å². The monoisotopic (exact) mass is 335 g/mol. The van der Waals surface area contributed by atoms with Gasteiger partial charge in [-0.2, -0.15) is 0 Å². The molecule has 0 fully saturated rings. The van der Waals surface area contributed by atoms with Crippen LogP contribution in [-0.4, -0.2) is 28.9 Å². The molecule has 0 unspecified atom stereocenters. The number of rotatable bonds is 8. The third-order valence-electron chi connectivity index (χ3n) is 3.33. The summed E-state index contributed by atoms with van der Waals surface area (Å²) in [5, 5.41) is 13.8. The van der Waals surface area contributed by atoms with Crippen molar-refractivity contribution in [3.63, 3.8) is 0 Å². The molecular weight excluding hydrogens is 317 g/mol. The SMILES string of the molecule is CCC(CC)(NCCSc1cc(Cl)ccc1Cl)C(=O)O. The molecule has 0 saturated carbocycles. The summed E-state index contributed by atoms with van der Waals surface area (Å²) < 4.78 is 0. The highest BCUT2D eigenvalue weighted by molar-refractivity contribution is 7.99. The fourth-order valence-electron chi connectivity index (χ4n) is 1.92. The Balaban J connectivity index is 2.52. The van der Waals surface area contributed by atoms with Crippen LogP contribution in [0.1, 0.15) is 26.7 Å². The van der Waals surface area contributed by atoms with Crippen molar-refractivity contribution in [1.29, 1.82) is 0 Å². The quantitative estimate of drug-likeness (QED) is 0.548. The van der Waals surface area contributed by atoms with Crippen LogP contribution in [0, 0.1) is 0 Å². The molecule has 0 amide bonds. The Morgan fingerprint density at radius 2 is 2.00 bits per heavy atom. The van der Waals surface area contributed by atoms with Crippen LogP contribution in [-0.2, 0) is 4.79 Å². The van der Waals surface area contributed by atoms with Crippen molar-refractivity contribution in [3.05, 3.63) is 28.2 Å². The summed E-state index contributed by atoms with van der Waals surface area (Å²) in [5.41, 5.74) is -0.835. The van der Waals surface area contributed by atoms with Gasteiger partial charge in [0.15, 0.2) is 0 Å². The number of carboxylic acids is 1. The fourth-order valence-corrected chi connectivity index (χ4v) is 3.28. The van der Waals surface area contributed by atoms with E-state index < -0.39 is 11.5 Å². The maximum atomic E-state index is 11.3. The van der Waals surface area contributed by atoms with Gasteiger partial charge in [-0.3, -0.25) is 4.79 Å². The Bertz CT molecular complexity index is 464. The van der Waals surface area contributed by atoms with Crippen LogP contribution in [0.2, 0.25) is 10.0 Å². The van der Waals surface area contributed by atoms with Crippen molar-refractivity contribution in [2.45, 2.75) is 37.1 Å². The van der Waals surface area contributed by atoms with E-state index in [1.165, 1.54) is 0 Å². The first-order chi connectivity index (χ1) is 9.45. The Hall–Kier alpha value is -0.420. The minimum Gasteiger partial charge on any atom is -0.480 e. The first-order valence-electron chi connectivity index (χ1n) is 6.51. The Morgan fingerprint density at radius 3 is 2.55 bits per heavy atom. The number of thioether (sulfide) groups is 1. The lowest BCUT2D eigenvalue weighted by atomic mass is 9.93. The fraction of sp³-hybridized carbons (Fsp3) is 0.500. The van der Waals surface area contributed by atoms with Gasteiger partial charge < -0.3 is 10.4 Å². The zero-order chi connectivity index (χ0) is 15.2. The number of carbonyl (C=O) groups is 1. The molecule has 0 heterocycles. The number of hydrogen-bond donors (Lipinski definition) is 2. The summed E-state index contributed by atoms with van der Waals surface area (Å²) >= 11 is 13.6. The van der Waals surface area contributed by atoms with Gasteiger partial charge in [0.1, 0.15) is 5.54 Å². The minimum absolute atomic E-state index is 0.557. The molecule has 1 aromatic rings. The molecule has 0 aliphatic heterocycles. The molecule has 0 radical (unpaired) electrons. The van der Waals surface area contributed by atoms with E-state index >= 15 is 0 Å². The second kappa shape index (κ2) is 8.13. The molecule has 3 nitrogen and oxygen atoms in total. The van der Waals surface area contributed by atoms with Crippen molar-refractivity contribution in [2.24, 2.45) is 0 Å². The summed E-state index contributed by atoms with van der Waals surface area (Å²) in [6.45, 7) is 4.36. The molecule has 0 atom stereocenters. The molecule has 0 bridgehead atoms. The lowest BCUT2D eigenvalue weighted by molar-refractivity contribution is -0.145. The van der Waals surface area contributed by atoms with E-state index in [1.807, 2.05) is 19.9 Å². The number of aliphatic carboxylic acids is 1. The van der Waals surface area contributed by atoms with E-state index in [-0.39, 0.29) is 0 Å². The largest absolute Gasteiger partial charge is 0.480 e. The maximum Gasteiger partial charge on any atom is 0.323 e. The predicted molar refractivity (Wildman–Crippen MR) is 86.1 cm³/mol. The lowest BCUT2D eigenvalue weighted by Crippen LogP contribution is -2.51. The van der Waals surface area contributed by atoms with E-state index in [1.54, 1.807) is 23.9 Å². The summed E-state index contributed by atoms with van der Waals surface area (Å²) in [4.78, 5) is 12.3. The van der Waals surface area contributed by atoms with E-state index in [0.717, 1.165) is 10.6 Å². The summed E-state index contributed by atoms with van der Waals surface area (Å²) in [6.07, 6.45) is 1.11. The van der Waals surface area contributed by atoms with Gasteiger partial charge in [0.05, 0.1) is 5.02 Å². The van der Waals surface area contributed by atoms with Gasteiger partial charge >= 0.3 is 5.97 Å². The van der Waals surface area contributed by atoms with Gasteiger partial charge in [0.25, 0.3) is 0 Å². The Morgan fingerprint density at radius 1 is 1.35 bits per heavy atom. The second-order valence-corrected chi connectivity index (χ2v) is 6.42. The van der Waals surface area contributed by atoms with Gasteiger partial charge in [0, 0.05) is 22.2 Å². The zero-order valence-corrected chi connectivity index (χ0v) is 13.9. The standard InChI is InChI=1S/C14H19Cl2NO2S/c1-3-14(4-2,13(18)19)17-7-8-20-12-9-10(15)5-6-11(12)16/h5-6,9,17H,3-4,7-8H2,1-2H3,(H,18,19). The predicted octanol–water partition coefficient (Wildman–Crippen LogP) is 4.32. The zero-order valence-electron chi connectivity index (χ0n) is 11.6. The molecule has 0 aliphatic rings. The van der Waals surface area contributed by atoms with Crippen LogP contribution < -0.4 is 5.32 Å². The summed E-state index contributed by atoms with van der Waals surface area (Å²) in [5.74, 6) is -0.0666. The van der Waals surface area contributed by atoms with E-state index in [9.17, 15) is 9.90 Å². The molecule has 6 heteroatoms. The molecule has 20 heavy (non-hydrogen) atoms. The molecule has 1 rings (SSSR count). The smallest absolute Gasteiger partial charge is 0.323 e. The molecule has 2 N–H and O–H groups in total. The van der Waals surface area contributed by atoms with Crippen LogP contribution in [0.3, 0.4) is 0 Å². The van der Waals surface area contributed by atoms with Crippen LogP contribution in [0.15, 0.2) is 23.1 Å². The van der Waals surface area contributed by atoms with E-state index in [4.69, 9.17) is 23.2 Å². The van der Waals surface area contributed by atoms with Crippen LogP contribution in [0.25, 0.3) is 0 Å².